The van der Waals surface area contributed by atoms with Gasteiger partial charge in [0.25, 0.3) is 5.66 Å². The van der Waals surface area contributed by atoms with Gasteiger partial charge >= 0.3 is 11.9 Å². The van der Waals surface area contributed by atoms with Crippen LogP contribution in [-0.4, -0.2) is 68.5 Å². The highest BCUT2D eigenvalue weighted by atomic mass is 16.5. The molecular weight excluding hydrogens is 240 g/mol. The summed E-state index contributed by atoms with van der Waals surface area (Å²) in [4.78, 5) is 2.93. The van der Waals surface area contributed by atoms with Crippen LogP contribution in [0.1, 0.15) is 6.42 Å². The molecule has 0 unspecified atom stereocenters. The van der Waals surface area contributed by atoms with Gasteiger partial charge < -0.3 is 15.3 Å². The van der Waals surface area contributed by atoms with Crippen molar-refractivity contribution in [2.75, 3.05) is 13.2 Å². The Kier molecular flexibility index (Phi) is 2.08. The van der Waals surface area contributed by atoms with E-state index in [9.17, 15) is 15.3 Å². The van der Waals surface area contributed by atoms with Crippen molar-refractivity contribution >= 4 is 11.9 Å². The molecule has 0 aromatic carbocycles. The van der Waals surface area contributed by atoms with Crippen molar-refractivity contribution in [2.24, 2.45) is 11.5 Å². The molecule has 3 aliphatic rings. The second-order valence-electron chi connectivity index (χ2n) is 4.96. The van der Waals surface area contributed by atoms with Gasteiger partial charge in [0.15, 0.2) is 6.04 Å². The third kappa shape index (κ3) is 1.11. The van der Waals surface area contributed by atoms with Crippen molar-refractivity contribution in [2.45, 2.75) is 30.0 Å². The smallest absolute Gasteiger partial charge is 0.347 e. The molecule has 0 amide bonds. The molecule has 0 aromatic heterocycles. The molecular formula is C9H18N6O3+2. The minimum absolute atomic E-state index is 0.131. The Morgan fingerprint density at radius 1 is 1.44 bits per heavy atom. The number of nitrogens with zero attached hydrogens (tertiary/aromatic N) is 1. The highest BCUT2D eigenvalue weighted by molar-refractivity contribution is 5.78. The Morgan fingerprint density at radius 3 is 2.83 bits per heavy atom. The zero-order valence-electron chi connectivity index (χ0n) is 9.72. The maximum Gasteiger partial charge on any atom is 0.347 e. The summed E-state index contributed by atoms with van der Waals surface area (Å²) in [6, 6.07) is -0.973. The van der Waals surface area contributed by atoms with Gasteiger partial charge in [-0.05, 0) is 0 Å². The molecule has 1 saturated heterocycles. The first-order chi connectivity index (χ1) is 8.42. The monoisotopic (exact) mass is 258 g/mol. The van der Waals surface area contributed by atoms with E-state index in [0.717, 1.165) is 0 Å². The molecule has 9 heteroatoms. The summed E-state index contributed by atoms with van der Waals surface area (Å²) in [5.74, 6) is -1.47. The van der Waals surface area contributed by atoms with Gasteiger partial charge in [0, 0.05) is 6.42 Å². The van der Waals surface area contributed by atoms with Crippen molar-refractivity contribution < 1.29 is 24.9 Å². The van der Waals surface area contributed by atoms with E-state index >= 15 is 0 Å². The molecule has 10 N–H and O–H groups in total. The maximum absolute atomic E-state index is 10.3. The first kappa shape index (κ1) is 11.5. The van der Waals surface area contributed by atoms with E-state index in [4.69, 9.17) is 11.5 Å². The Bertz CT molecular complexity index is 461. The van der Waals surface area contributed by atoms with Crippen LogP contribution in [0, 0.1) is 0 Å². The van der Waals surface area contributed by atoms with Crippen LogP contribution in [0.4, 0.5) is 0 Å². The van der Waals surface area contributed by atoms with Crippen LogP contribution in [0.5, 0.6) is 0 Å². The van der Waals surface area contributed by atoms with Gasteiger partial charge in [0.1, 0.15) is 6.04 Å². The van der Waals surface area contributed by atoms with E-state index in [1.54, 1.807) is 4.58 Å². The summed E-state index contributed by atoms with van der Waals surface area (Å²) in [5.41, 5.74) is 10.3. The third-order valence-corrected chi connectivity index (χ3v) is 4.03. The van der Waals surface area contributed by atoms with Gasteiger partial charge in [0.05, 0.1) is 13.2 Å². The lowest BCUT2D eigenvalue weighted by molar-refractivity contribution is -0.674. The second kappa shape index (κ2) is 3.25. The van der Waals surface area contributed by atoms with Crippen LogP contribution in [0.2, 0.25) is 0 Å². The van der Waals surface area contributed by atoms with E-state index in [1.165, 1.54) is 0 Å². The molecule has 0 radical (unpaired) electrons. The number of aliphatic hydroxyl groups is 3. The van der Waals surface area contributed by atoms with Crippen LogP contribution in [0.3, 0.4) is 0 Å². The second-order valence-corrected chi connectivity index (χ2v) is 4.96. The fourth-order valence-electron chi connectivity index (χ4n) is 3.23. The first-order valence-electron chi connectivity index (χ1n) is 5.82. The molecule has 1 fully saturated rings. The van der Waals surface area contributed by atoms with E-state index in [0.29, 0.717) is 12.5 Å². The highest BCUT2D eigenvalue weighted by Crippen LogP contribution is 2.36. The number of hydrogen-bond donors (Lipinski definition) is 8. The topological polar surface area (TPSA) is 154 Å². The van der Waals surface area contributed by atoms with E-state index in [-0.39, 0.29) is 19.0 Å². The summed E-state index contributed by atoms with van der Waals surface area (Å²) in [6.07, 6.45) is 0.131. The van der Waals surface area contributed by atoms with E-state index in [2.05, 4.69) is 15.6 Å². The van der Waals surface area contributed by atoms with Crippen molar-refractivity contribution in [3.05, 3.63) is 0 Å². The van der Waals surface area contributed by atoms with Gasteiger partial charge in [-0.2, -0.15) is 0 Å². The first-order valence-corrected chi connectivity index (χ1v) is 5.82. The van der Waals surface area contributed by atoms with Crippen molar-refractivity contribution in [3.8, 4) is 0 Å². The number of guanidine groups is 2. The van der Waals surface area contributed by atoms with E-state index < -0.39 is 23.5 Å². The van der Waals surface area contributed by atoms with Gasteiger partial charge in [-0.1, -0.05) is 0 Å². The SMILES string of the molecule is NC1=[NH+][C@H]2[C@H](CO)NC(N)=[N+]3CCC(O)(O)[C@]23N1. The van der Waals surface area contributed by atoms with Gasteiger partial charge in [-0.25, -0.2) is 9.89 Å². The van der Waals surface area contributed by atoms with Crippen molar-refractivity contribution in [3.63, 3.8) is 0 Å². The molecule has 18 heavy (non-hydrogen) atoms. The number of aliphatic hydroxyl groups excluding tert-OH is 1. The zero-order valence-corrected chi connectivity index (χ0v) is 9.72. The molecule has 1 spiro atoms. The summed E-state index contributed by atoms with van der Waals surface area (Å²) >= 11 is 0. The average Bonchev–Trinajstić information content (AvgIpc) is 2.77. The molecule has 100 valence electrons. The van der Waals surface area contributed by atoms with Crippen LogP contribution < -0.4 is 27.1 Å². The van der Waals surface area contributed by atoms with Gasteiger partial charge in [-0.3, -0.25) is 21.8 Å². The number of hydrogen-bond acceptors (Lipinski definition) is 7. The highest BCUT2D eigenvalue weighted by Gasteiger charge is 2.74. The van der Waals surface area contributed by atoms with Crippen LogP contribution >= 0.6 is 0 Å². The lowest BCUT2D eigenvalue weighted by atomic mass is 9.87. The molecule has 3 aliphatic heterocycles. The average molecular weight is 258 g/mol. The molecule has 3 heterocycles. The zero-order chi connectivity index (χ0) is 13.1. The largest absolute Gasteiger partial charge is 0.393 e. The normalized spacial score (nSPS) is 40.7. The van der Waals surface area contributed by atoms with Crippen LogP contribution in [-0.2, 0) is 0 Å². The van der Waals surface area contributed by atoms with Gasteiger partial charge in [0.2, 0.25) is 5.79 Å². The molecule has 9 nitrogen and oxygen atoms in total. The predicted molar refractivity (Wildman–Crippen MR) is 59.9 cm³/mol. The number of nitrogens with one attached hydrogen (secondary N) is 3. The molecule has 3 atom stereocenters. The standard InChI is InChI=1S/C9H16N6O3/c10-6-13-5-4(3-16)12-7(11)15-2-1-8(17,18)9(5,15)14-6/h4-5,16-18H,1-3H2,(H5,10,11,12,13,14)/p+2/t4-,5-,9-/m0/s1. The quantitative estimate of drug-likeness (QED) is 0.172. The lowest BCUT2D eigenvalue weighted by Gasteiger charge is -2.39. The molecule has 0 saturated carbocycles. The molecule has 0 aliphatic carbocycles. The predicted octanol–water partition coefficient (Wildman–Crippen LogP) is -6.57. The van der Waals surface area contributed by atoms with Crippen LogP contribution in [0.15, 0.2) is 0 Å². The maximum atomic E-state index is 10.3. The minimum atomic E-state index is -1.99. The van der Waals surface area contributed by atoms with Gasteiger partial charge in [-0.15, -0.1) is 0 Å². The lowest BCUT2D eigenvalue weighted by Crippen LogP contribution is -2.91. The Labute approximate surface area is 103 Å². The number of rotatable bonds is 1. The third-order valence-electron chi connectivity index (χ3n) is 4.03. The molecule has 0 bridgehead atoms. The summed E-state index contributed by atoms with van der Waals surface area (Å²) in [6.45, 7) is 0.168. The van der Waals surface area contributed by atoms with Crippen LogP contribution in [0.25, 0.3) is 0 Å². The Balaban J connectivity index is 2.18. The minimum Gasteiger partial charge on any atom is -0.393 e. The summed E-state index contributed by atoms with van der Waals surface area (Å²) in [7, 11) is 0. The molecule has 3 rings (SSSR count). The van der Waals surface area contributed by atoms with Crippen molar-refractivity contribution in [1.82, 2.24) is 10.6 Å². The summed E-state index contributed by atoms with van der Waals surface area (Å²) < 4.78 is 1.64. The Hall–Kier alpha value is -1.58. The fraction of sp³-hybridized carbons (Fsp3) is 0.778. The summed E-state index contributed by atoms with van der Waals surface area (Å²) in [5, 5.41) is 35.7. The van der Waals surface area contributed by atoms with E-state index in [1.807, 2.05) is 0 Å². The number of nitrogens with two attached hydrogens (primary N) is 2. The molecule has 0 aromatic rings. The van der Waals surface area contributed by atoms with Crippen molar-refractivity contribution in [1.29, 1.82) is 0 Å². The fourth-order valence-corrected chi connectivity index (χ4v) is 3.23. The Morgan fingerprint density at radius 2 is 2.17 bits per heavy atom.